The minimum Gasteiger partial charge on any atom is -0.493 e. The summed E-state index contributed by atoms with van der Waals surface area (Å²) in [6.07, 6.45) is 1.18. The second-order valence-corrected chi connectivity index (χ2v) is 4.99. The monoisotopic (exact) mass is 285 g/mol. The van der Waals surface area contributed by atoms with Gasteiger partial charge >= 0.3 is 0 Å². The molecule has 0 spiro atoms. The zero-order chi connectivity index (χ0) is 11.8. The quantitative estimate of drug-likeness (QED) is 0.775. The molecule has 0 aliphatic rings. The molecule has 0 radical (unpaired) electrons. The number of nitrogens with one attached hydrogen (secondary N) is 1. The van der Waals surface area contributed by atoms with E-state index >= 15 is 0 Å². The highest BCUT2D eigenvalue weighted by molar-refractivity contribution is 9.10. The van der Waals surface area contributed by atoms with Gasteiger partial charge in [0.05, 0.1) is 6.61 Å². The standard InChI is InChI=1S/C13H20BrNO/c1-3-8-15-9-11(2)10-16-13-6-4-12(14)5-7-13/h4-7,11,15H,3,8-10H2,1-2H3. The van der Waals surface area contributed by atoms with Crippen molar-refractivity contribution in [2.24, 2.45) is 5.92 Å². The molecule has 0 fully saturated rings. The first kappa shape index (κ1) is 13.5. The second kappa shape index (κ2) is 7.69. The van der Waals surface area contributed by atoms with E-state index in [9.17, 15) is 0 Å². The number of halogens is 1. The predicted molar refractivity (Wildman–Crippen MR) is 72.0 cm³/mol. The van der Waals surface area contributed by atoms with Crippen molar-refractivity contribution in [1.82, 2.24) is 5.32 Å². The predicted octanol–water partition coefficient (Wildman–Crippen LogP) is 3.46. The second-order valence-electron chi connectivity index (χ2n) is 4.07. The minimum atomic E-state index is 0.537. The smallest absolute Gasteiger partial charge is 0.119 e. The molecule has 0 heterocycles. The SMILES string of the molecule is CCCNCC(C)COc1ccc(Br)cc1. The average molecular weight is 286 g/mol. The normalized spacial score (nSPS) is 12.4. The van der Waals surface area contributed by atoms with Crippen molar-refractivity contribution >= 4 is 15.9 Å². The lowest BCUT2D eigenvalue weighted by Gasteiger charge is -2.13. The van der Waals surface area contributed by atoms with Crippen LogP contribution in [0.4, 0.5) is 0 Å². The van der Waals surface area contributed by atoms with E-state index in [0.717, 1.165) is 29.9 Å². The Bertz CT molecular complexity index is 286. The van der Waals surface area contributed by atoms with Crippen molar-refractivity contribution < 1.29 is 4.74 Å². The van der Waals surface area contributed by atoms with Gasteiger partial charge in [-0.3, -0.25) is 0 Å². The lowest BCUT2D eigenvalue weighted by Crippen LogP contribution is -2.25. The molecule has 1 atom stereocenters. The number of hydrogen-bond donors (Lipinski definition) is 1. The maximum absolute atomic E-state index is 5.69. The lowest BCUT2D eigenvalue weighted by atomic mass is 10.2. The van der Waals surface area contributed by atoms with Gasteiger partial charge in [-0.05, 0) is 37.2 Å². The molecule has 1 aromatic carbocycles. The highest BCUT2D eigenvalue weighted by Gasteiger charge is 2.02. The molecule has 1 rings (SSSR count). The topological polar surface area (TPSA) is 21.3 Å². The Morgan fingerprint density at radius 3 is 2.62 bits per heavy atom. The third-order valence-corrected chi connectivity index (χ3v) is 2.80. The minimum absolute atomic E-state index is 0.537. The summed E-state index contributed by atoms with van der Waals surface area (Å²) in [4.78, 5) is 0. The fourth-order valence-corrected chi connectivity index (χ4v) is 1.62. The van der Waals surface area contributed by atoms with Gasteiger partial charge in [0.1, 0.15) is 5.75 Å². The lowest BCUT2D eigenvalue weighted by molar-refractivity contribution is 0.256. The number of ether oxygens (including phenoxy) is 1. The van der Waals surface area contributed by atoms with E-state index in [1.165, 1.54) is 6.42 Å². The summed E-state index contributed by atoms with van der Waals surface area (Å²) in [5.74, 6) is 1.47. The largest absolute Gasteiger partial charge is 0.493 e. The molecular weight excluding hydrogens is 266 g/mol. The summed E-state index contributed by atoms with van der Waals surface area (Å²) >= 11 is 3.40. The van der Waals surface area contributed by atoms with Gasteiger partial charge in [0.25, 0.3) is 0 Å². The Labute approximate surface area is 107 Å². The molecule has 16 heavy (non-hydrogen) atoms. The Morgan fingerprint density at radius 2 is 2.00 bits per heavy atom. The van der Waals surface area contributed by atoms with Crippen molar-refractivity contribution in [3.63, 3.8) is 0 Å². The molecule has 0 saturated carbocycles. The molecule has 0 aromatic heterocycles. The summed E-state index contributed by atoms with van der Waals surface area (Å²) in [5, 5.41) is 3.39. The van der Waals surface area contributed by atoms with Gasteiger partial charge in [-0.25, -0.2) is 0 Å². The Morgan fingerprint density at radius 1 is 1.31 bits per heavy atom. The van der Waals surface area contributed by atoms with E-state index in [-0.39, 0.29) is 0 Å². The van der Waals surface area contributed by atoms with Gasteiger partial charge in [0, 0.05) is 16.9 Å². The molecule has 1 unspecified atom stereocenters. The van der Waals surface area contributed by atoms with Crippen molar-refractivity contribution in [3.05, 3.63) is 28.7 Å². The summed E-state index contributed by atoms with van der Waals surface area (Å²) in [5.41, 5.74) is 0. The van der Waals surface area contributed by atoms with E-state index in [1.54, 1.807) is 0 Å². The van der Waals surface area contributed by atoms with Crippen molar-refractivity contribution in [1.29, 1.82) is 0 Å². The van der Waals surface area contributed by atoms with Crippen LogP contribution < -0.4 is 10.1 Å². The van der Waals surface area contributed by atoms with Gasteiger partial charge < -0.3 is 10.1 Å². The molecule has 0 bridgehead atoms. The van der Waals surface area contributed by atoms with Crippen LogP contribution in [0.1, 0.15) is 20.3 Å². The number of hydrogen-bond acceptors (Lipinski definition) is 2. The molecule has 3 heteroatoms. The van der Waals surface area contributed by atoms with E-state index < -0.39 is 0 Å². The number of rotatable bonds is 7. The first-order chi connectivity index (χ1) is 7.72. The highest BCUT2D eigenvalue weighted by atomic mass is 79.9. The summed E-state index contributed by atoms with van der Waals surface area (Å²) < 4.78 is 6.77. The maximum Gasteiger partial charge on any atom is 0.119 e. The first-order valence-electron chi connectivity index (χ1n) is 5.81. The van der Waals surface area contributed by atoms with Crippen LogP contribution in [0.25, 0.3) is 0 Å². The fourth-order valence-electron chi connectivity index (χ4n) is 1.35. The van der Waals surface area contributed by atoms with Crippen LogP contribution >= 0.6 is 15.9 Å². The van der Waals surface area contributed by atoms with Crippen LogP contribution in [0, 0.1) is 5.92 Å². The van der Waals surface area contributed by atoms with Crippen LogP contribution in [0.15, 0.2) is 28.7 Å². The average Bonchev–Trinajstić information content (AvgIpc) is 2.29. The Hall–Kier alpha value is -0.540. The summed E-state index contributed by atoms with van der Waals surface area (Å²) in [6, 6.07) is 7.96. The third kappa shape index (κ3) is 5.52. The number of benzene rings is 1. The highest BCUT2D eigenvalue weighted by Crippen LogP contribution is 2.16. The van der Waals surface area contributed by atoms with Crippen LogP contribution in [0.5, 0.6) is 5.75 Å². The molecule has 2 nitrogen and oxygen atoms in total. The molecule has 0 aliphatic heterocycles. The molecule has 1 aromatic rings. The molecular formula is C13H20BrNO. The van der Waals surface area contributed by atoms with E-state index in [4.69, 9.17) is 4.74 Å². The summed E-state index contributed by atoms with van der Waals surface area (Å²) in [7, 11) is 0. The van der Waals surface area contributed by atoms with E-state index in [1.807, 2.05) is 24.3 Å². The van der Waals surface area contributed by atoms with Gasteiger partial charge in [-0.15, -0.1) is 0 Å². The molecule has 90 valence electrons. The molecule has 0 amide bonds. The van der Waals surface area contributed by atoms with E-state index in [0.29, 0.717) is 5.92 Å². The van der Waals surface area contributed by atoms with Crippen molar-refractivity contribution in [2.75, 3.05) is 19.7 Å². The first-order valence-corrected chi connectivity index (χ1v) is 6.60. The van der Waals surface area contributed by atoms with Crippen molar-refractivity contribution in [3.8, 4) is 5.75 Å². The molecule has 0 saturated heterocycles. The summed E-state index contributed by atoms with van der Waals surface area (Å²) in [6.45, 7) is 7.24. The molecule has 0 aliphatic carbocycles. The van der Waals surface area contributed by atoms with Crippen molar-refractivity contribution in [2.45, 2.75) is 20.3 Å². The van der Waals surface area contributed by atoms with E-state index in [2.05, 4.69) is 35.1 Å². The van der Waals surface area contributed by atoms with Gasteiger partial charge in [0.15, 0.2) is 0 Å². The van der Waals surface area contributed by atoms with Gasteiger partial charge in [-0.2, -0.15) is 0 Å². The van der Waals surface area contributed by atoms with Crippen LogP contribution in [0.2, 0.25) is 0 Å². The van der Waals surface area contributed by atoms with Crippen LogP contribution in [-0.4, -0.2) is 19.7 Å². The van der Waals surface area contributed by atoms with Gasteiger partial charge in [-0.1, -0.05) is 29.8 Å². The Kier molecular flexibility index (Phi) is 6.50. The Balaban J connectivity index is 2.20. The maximum atomic E-state index is 5.69. The third-order valence-electron chi connectivity index (χ3n) is 2.27. The van der Waals surface area contributed by atoms with Gasteiger partial charge in [0.2, 0.25) is 0 Å². The zero-order valence-electron chi connectivity index (χ0n) is 10.0. The zero-order valence-corrected chi connectivity index (χ0v) is 11.6. The molecule has 1 N–H and O–H groups in total. The van der Waals surface area contributed by atoms with Crippen LogP contribution in [-0.2, 0) is 0 Å². The van der Waals surface area contributed by atoms with Crippen LogP contribution in [0.3, 0.4) is 0 Å². The fraction of sp³-hybridized carbons (Fsp3) is 0.538.